The van der Waals surface area contributed by atoms with Crippen LogP contribution in [0, 0.1) is 0 Å². The van der Waals surface area contributed by atoms with Crippen molar-refractivity contribution in [3.8, 4) is 5.75 Å². The number of halogens is 2. The molecule has 0 radical (unpaired) electrons. The summed E-state index contributed by atoms with van der Waals surface area (Å²) in [4.78, 5) is 10.3. The summed E-state index contributed by atoms with van der Waals surface area (Å²) in [6.07, 6.45) is 0.493. The van der Waals surface area contributed by atoms with E-state index >= 15 is 0 Å². The van der Waals surface area contributed by atoms with Gasteiger partial charge >= 0.3 is 0 Å². The van der Waals surface area contributed by atoms with Crippen LogP contribution in [0.3, 0.4) is 0 Å². The first-order valence-corrected chi connectivity index (χ1v) is 3.54. The summed E-state index contributed by atoms with van der Waals surface area (Å²) in [5.74, 6) is -0.230. The summed E-state index contributed by atoms with van der Waals surface area (Å²) in [6, 6.07) is 2.71. The third kappa shape index (κ3) is 2.46. The molecule has 68 valence electrons. The number of phenols is 1. The Kier molecular flexibility index (Phi) is 4.81. The van der Waals surface area contributed by atoms with Crippen LogP contribution in [0.25, 0.3) is 0 Å². The van der Waals surface area contributed by atoms with Gasteiger partial charge in [-0.1, -0.05) is 23.2 Å². The van der Waals surface area contributed by atoms with Crippen molar-refractivity contribution in [1.82, 2.24) is 0 Å². The van der Waals surface area contributed by atoms with Crippen molar-refractivity contribution in [3.63, 3.8) is 0 Å². The summed E-state index contributed by atoms with van der Waals surface area (Å²) in [5, 5.41) is 9.51. The van der Waals surface area contributed by atoms with Gasteiger partial charge in [0.25, 0.3) is 0 Å². The zero-order valence-corrected chi connectivity index (χ0v) is 8.73. The van der Waals surface area contributed by atoms with Gasteiger partial charge in [0.15, 0.2) is 6.29 Å². The molecular formula is C7H4Cl2O2Pd. The predicted octanol–water partition coefficient (Wildman–Crippen LogP) is 2.51. The van der Waals surface area contributed by atoms with E-state index in [0.717, 1.165) is 0 Å². The number of aldehydes is 1. The summed E-state index contributed by atoms with van der Waals surface area (Å²) in [6.45, 7) is 0. The summed E-state index contributed by atoms with van der Waals surface area (Å²) >= 11 is 11.1. The molecule has 1 aromatic carbocycles. The molecule has 1 aromatic rings. The van der Waals surface area contributed by atoms with E-state index in [9.17, 15) is 4.79 Å². The first-order valence-electron chi connectivity index (χ1n) is 2.78. The van der Waals surface area contributed by atoms with Gasteiger partial charge in [-0.2, -0.15) is 0 Å². The zero-order valence-electron chi connectivity index (χ0n) is 5.66. The van der Waals surface area contributed by atoms with Crippen LogP contribution in [-0.4, -0.2) is 11.4 Å². The summed E-state index contributed by atoms with van der Waals surface area (Å²) < 4.78 is 0. The molecule has 1 rings (SSSR count). The average molecular weight is 297 g/mol. The maximum Gasteiger partial charge on any atom is 0.153 e. The maximum absolute atomic E-state index is 10.3. The second kappa shape index (κ2) is 4.84. The SMILES string of the molecule is O=Cc1cc(Cl)cc(Cl)c1O.[Pd]. The smallest absolute Gasteiger partial charge is 0.153 e. The molecule has 0 aliphatic carbocycles. The topological polar surface area (TPSA) is 37.3 Å². The second-order valence-corrected chi connectivity index (χ2v) is 2.79. The zero-order chi connectivity index (χ0) is 8.43. The van der Waals surface area contributed by atoms with E-state index in [0.29, 0.717) is 11.3 Å². The maximum atomic E-state index is 10.3. The average Bonchev–Trinajstić information content (AvgIpc) is 1.96. The van der Waals surface area contributed by atoms with Gasteiger partial charge in [0, 0.05) is 25.4 Å². The molecule has 0 heterocycles. The number of rotatable bonds is 1. The van der Waals surface area contributed by atoms with E-state index in [1.165, 1.54) is 12.1 Å². The molecule has 2 nitrogen and oxygen atoms in total. The Bertz CT molecular complexity index is 302. The Morgan fingerprint density at radius 2 is 1.92 bits per heavy atom. The molecular weight excluding hydrogens is 293 g/mol. The quantitative estimate of drug-likeness (QED) is 0.639. The molecule has 0 aromatic heterocycles. The van der Waals surface area contributed by atoms with Crippen molar-refractivity contribution in [3.05, 3.63) is 27.7 Å². The fourth-order valence-electron chi connectivity index (χ4n) is 0.676. The van der Waals surface area contributed by atoms with E-state index in [2.05, 4.69) is 0 Å². The van der Waals surface area contributed by atoms with Gasteiger partial charge in [0.1, 0.15) is 5.75 Å². The van der Waals surface area contributed by atoms with E-state index in [1.54, 1.807) is 0 Å². The van der Waals surface area contributed by atoms with Gasteiger partial charge in [-0.05, 0) is 12.1 Å². The van der Waals surface area contributed by atoms with E-state index < -0.39 is 0 Å². The van der Waals surface area contributed by atoms with Crippen LogP contribution in [0.4, 0.5) is 0 Å². The first-order chi connectivity index (χ1) is 5.15. The van der Waals surface area contributed by atoms with Gasteiger partial charge in [-0.15, -0.1) is 0 Å². The first kappa shape index (κ1) is 11.9. The third-order valence-electron chi connectivity index (χ3n) is 1.18. The number of hydrogen-bond acceptors (Lipinski definition) is 2. The number of phenolic OH excluding ortho intramolecular Hbond substituents is 1. The Morgan fingerprint density at radius 3 is 2.42 bits per heavy atom. The monoisotopic (exact) mass is 296 g/mol. The van der Waals surface area contributed by atoms with Crippen LogP contribution >= 0.6 is 23.2 Å². The molecule has 1 N–H and O–H groups in total. The normalized spacial score (nSPS) is 8.83. The number of carbonyl (C=O) groups excluding carboxylic acids is 1. The largest absolute Gasteiger partial charge is 0.506 e. The van der Waals surface area contributed by atoms with Gasteiger partial charge in [0.2, 0.25) is 0 Å². The van der Waals surface area contributed by atoms with Crippen LogP contribution < -0.4 is 0 Å². The predicted molar refractivity (Wildman–Crippen MR) is 43.5 cm³/mol. The molecule has 0 bridgehead atoms. The van der Waals surface area contributed by atoms with Gasteiger partial charge < -0.3 is 5.11 Å². The summed E-state index contributed by atoms with van der Waals surface area (Å²) in [7, 11) is 0. The van der Waals surface area contributed by atoms with Crippen LogP contribution in [0.15, 0.2) is 12.1 Å². The Morgan fingerprint density at radius 1 is 1.33 bits per heavy atom. The minimum Gasteiger partial charge on any atom is -0.506 e. The Balaban J connectivity index is 0.00000121. The van der Waals surface area contributed by atoms with Crippen LogP contribution in [0.1, 0.15) is 10.4 Å². The molecule has 0 saturated carbocycles. The molecule has 0 aliphatic rings. The van der Waals surface area contributed by atoms with Gasteiger partial charge in [-0.3, -0.25) is 4.79 Å². The molecule has 5 heteroatoms. The van der Waals surface area contributed by atoms with Crippen molar-refractivity contribution in [1.29, 1.82) is 0 Å². The minimum absolute atomic E-state index is 0. The van der Waals surface area contributed by atoms with Crippen molar-refractivity contribution in [2.75, 3.05) is 0 Å². The Labute approximate surface area is 93.1 Å². The molecule has 0 spiro atoms. The van der Waals surface area contributed by atoms with Crippen molar-refractivity contribution in [2.45, 2.75) is 0 Å². The third-order valence-corrected chi connectivity index (χ3v) is 1.69. The van der Waals surface area contributed by atoms with Gasteiger partial charge in [0.05, 0.1) is 10.6 Å². The molecule has 0 fully saturated rings. The van der Waals surface area contributed by atoms with Crippen LogP contribution in [-0.2, 0) is 20.4 Å². The minimum atomic E-state index is -0.230. The van der Waals surface area contributed by atoms with Crippen LogP contribution in [0.5, 0.6) is 5.75 Å². The van der Waals surface area contributed by atoms with E-state index in [4.69, 9.17) is 28.3 Å². The number of carbonyl (C=O) groups is 1. The molecule has 0 aliphatic heterocycles. The molecule has 0 amide bonds. The fraction of sp³-hybridized carbons (Fsp3) is 0. The van der Waals surface area contributed by atoms with Gasteiger partial charge in [-0.25, -0.2) is 0 Å². The van der Waals surface area contributed by atoms with Crippen molar-refractivity contribution >= 4 is 29.5 Å². The van der Waals surface area contributed by atoms with E-state index in [-0.39, 0.29) is 36.8 Å². The van der Waals surface area contributed by atoms with Crippen molar-refractivity contribution in [2.24, 2.45) is 0 Å². The Hall–Kier alpha value is -0.0677. The second-order valence-electron chi connectivity index (χ2n) is 1.94. The van der Waals surface area contributed by atoms with Crippen molar-refractivity contribution < 1.29 is 30.3 Å². The fourth-order valence-corrected chi connectivity index (χ4v) is 1.18. The molecule has 0 saturated heterocycles. The number of hydrogen-bond donors (Lipinski definition) is 1. The molecule has 12 heavy (non-hydrogen) atoms. The summed E-state index contributed by atoms with van der Waals surface area (Å²) in [5.41, 5.74) is 0.0995. The molecule has 0 unspecified atom stereocenters. The molecule has 0 atom stereocenters. The number of benzene rings is 1. The van der Waals surface area contributed by atoms with E-state index in [1.807, 2.05) is 0 Å². The number of aromatic hydroxyl groups is 1. The standard InChI is InChI=1S/C7H4Cl2O2.Pd/c8-5-1-4(3-10)7(11)6(9)2-5;/h1-3,11H;. The van der Waals surface area contributed by atoms with Crippen LogP contribution in [0.2, 0.25) is 10.0 Å².